The fraction of sp³-hybridized carbons (Fsp3) is 0.769. The molecule has 3 heteroatoms. The van der Waals surface area contributed by atoms with Crippen LogP contribution in [0.4, 0.5) is 0 Å². The molecule has 16 heavy (non-hydrogen) atoms. The van der Waals surface area contributed by atoms with Gasteiger partial charge in [0.25, 0.3) is 0 Å². The van der Waals surface area contributed by atoms with Gasteiger partial charge in [0.05, 0.1) is 6.20 Å². The van der Waals surface area contributed by atoms with Crippen LogP contribution in [0.15, 0.2) is 12.4 Å². The number of hydrogen-bond donors (Lipinski definition) is 1. The zero-order valence-electron chi connectivity index (χ0n) is 11.2. The van der Waals surface area contributed by atoms with Gasteiger partial charge in [0.15, 0.2) is 0 Å². The molecule has 1 aromatic heterocycles. The maximum absolute atomic E-state index is 4.21. The van der Waals surface area contributed by atoms with Gasteiger partial charge in [-0.2, -0.15) is 5.10 Å². The zero-order chi connectivity index (χ0) is 12.1. The van der Waals surface area contributed by atoms with Gasteiger partial charge in [0, 0.05) is 30.9 Å². The first-order valence-electron chi connectivity index (χ1n) is 6.01. The van der Waals surface area contributed by atoms with Gasteiger partial charge in [-0.25, -0.2) is 0 Å². The third-order valence-corrected chi connectivity index (χ3v) is 4.66. The second-order valence-electron chi connectivity index (χ2n) is 6.21. The summed E-state index contributed by atoms with van der Waals surface area (Å²) >= 11 is 0. The molecule has 1 fully saturated rings. The first-order valence-corrected chi connectivity index (χ1v) is 6.01. The van der Waals surface area contributed by atoms with Crippen molar-refractivity contribution in [3.63, 3.8) is 0 Å². The molecule has 3 nitrogen and oxygen atoms in total. The van der Waals surface area contributed by atoms with Crippen LogP contribution in [0.2, 0.25) is 0 Å². The molecule has 1 atom stereocenters. The molecule has 0 aromatic carbocycles. The standard InChI is InChI=1S/C13H23N3/c1-9(10-7-14-16(6)8-10)15-11-12(2,3)13(11,4)5/h7-9,11,15H,1-6H3. The third kappa shape index (κ3) is 1.58. The molecule has 1 aliphatic carbocycles. The van der Waals surface area contributed by atoms with Crippen molar-refractivity contribution in [1.82, 2.24) is 15.1 Å². The molecular weight excluding hydrogens is 198 g/mol. The second kappa shape index (κ2) is 3.33. The van der Waals surface area contributed by atoms with Gasteiger partial charge < -0.3 is 5.32 Å². The normalized spacial score (nSPS) is 24.4. The molecule has 0 amide bonds. The van der Waals surface area contributed by atoms with Crippen molar-refractivity contribution in [2.24, 2.45) is 17.9 Å². The number of nitrogens with one attached hydrogen (secondary N) is 1. The van der Waals surface area contributed by atoms with Crippen LogP contribution in [-0.4, -0.2) is 15.8 Å². The molecule has 2 rings (SSSR count). The van der Waals surface area contributed by atoms with E-state index in [9.17, 15) is 0 Å². The molecule has 0 bridgehead atoms. The molecule has 0 saturated heterocycles. The van der Waals surface area contributed by atoms with E-state index in [0.717, 1.165) is 0 Å². The molecule has 0 spiro atoms. The van der Waals surface area contributed by atoms with Crippen LogP contribution in [0.5, 0.6) is 0 Å². The monoisotopic (exact) mass is 221 g/mol. The highest BCUT2D eigenvalue weighted by Crippen LogP contribution is 2.63. The van der Waals surface area contributed by atoms with Crippen LogP contribution in [0, 0.1) is 10.8 Å². The van der Waals surface area contributed by atoms with Crippen LogP contribution < -0.4 is 5.32 Å². The van der Waals surface area contributed by atoms with Gasteiger partial charge in [-0.1, -0.05) is 27.7 Å². The van der Waals surface area contributed by atoms with E-state index in [1.165, 1.54) is 5.56 Å². The Morgan fingerprint density at radius 1 is 1.31 bits per heavy atom. The molecule has 1 unspecified atom stereocenters. The summed E-state index contributed by atoms with van der Waals surface area (Å²) in [6.45, 7) is 11.5. The van der Waals surface area contributed by atoms with E-state index in [-0.39, 0.29) is 0 Å². The second-order valence-corrected chi connectivity index (χ2v) is 6.21. The quantitative estimate of drug-likeness (QED) is 0.850. The summed E-state index contributed by atoms with van der Waals surface area (Å²) in [5, 5.41) is 7.93. The largest absolute Gasteiger partial charge is 0.306 e. The minimum Gasteiger partial charge on any atom is -0.306 e. The fourth-order valence-electron chi connectivity index (χ4n) is 2.62. The van der Waals surface area contributed by atoms with Crippen LogP contribution in [0.25, 0.3) is 0 Å². The molecule has 1 N–H and O–H groups in total. The Morgan fingerprint density at radius 2 is 1.88 bits per heavy atom. The van der Waals surface area contributed by atoms with Gasteiger partial charge in [0.1, 0.15) is 0 Å². The predicted octanol–water partition coefficient (Wildman–Crippen LogP) is 2.51. The molecule has 0 aliphatic heterocycles. The topological polar surface area (TPSA) is 29.9 Å². The van der Waals surface area contributed by atoms with Crippen LogP contribution >= 0.6 is 0 Å². The maximum atomic E-state index is 4.21. The first kappa shape index (κ1) is 11.6. The fourth-order valence-corrected chi connectivity index (χ4v) is 2.62. The Morgan fingerprint density at radius 3 is 2.25 bits per heavy atom. The van der Waals surface area contributed by atoms with Crippen molar-refractivity contribution in [3.8, 4) is 0 Å². The number of aryl methyl sites for hydroxylation is 1. The Hall–Kier alpha value is -0.830. The van der Waals surface area contributed by atoms with Gasteiger partial charge in [-0.3, -0.25) is 4.68 Å². The summed E-state index contributed by atoms with van der Waals surface area (Å²) in [6, 6.07) is 0.968. The van der Waals surface area contributed by atoms with Crippen molar-refractivity contribution < 1.29 is 0 Å². The van der Waals surface area contributed by atoms with E-state index in [1.807, 2.05) is 17.9 Å². The Balaban J connectivity index is 2.03. The Bertz CT molecular complexity index is 376. The number of hydrogen-bond acceptors (Lipinski definition) is 2. The molecular formula is C13H23N3. The van der Waals surface area contributed by atoms with Crippen LogP contribution in [0.1, 0.15) is 46.2 Å². The predicted molar refractivity (Wildman–Crippen MR) is 66.1 cm³/mol. The zero-order valence-corrected chi connectivity index (χ0v) is 11.2. The van der Waals surface area contributed by atoms with Crippen molar-refractivity contribution in [2.45, 2.75) is 46.7 Å². The van der Waals surface area contributed by atoms with E-state index in [2.05, 4.69) is 51.2 Å². The lowest BCUT2D eigenvalue weighted by Gasteiger charge is -2.13. The molecule has 90 valence electrons. The highest BCUT2D eigenvalue weighted by molar-refractivity contribution is 5.20. The van der Waals surface area contributed by atoms with E-state index in [1.54, 1.807) is 0 Å². The molecule has 1 aromatic rings. The average Bonchev–Trinajstić information content (AvgIpc) is 2.58. The van der Waals surface area contributed by atoms with E-state index < -0.39 is 0 Å². The minimum absolute atomic E-state index is 0.375. The number of rotatable bonds is 3. The maximum Gasteiger partial charge on any atom is 0.0537 e. The third-order valence-electron chi connectivity index (χ3n) is 4.66. The Labute approximate surface area is 98.2 Å². The number of aromatic nitrogens is 2. The van der Waals surface area contributed by atoms with E-state index >= 15 is 0 Å². The highest BCUT2D eigenvalue weighted by atomic mass is 15.2. The summed E-state index contributed by atoms with van der Waals surface area (Å²) in [6.07, 6.45) is 4.03. The van der Waals surface area contributed by atoms with Crippen molar-refractivity contribution in [1.29, 1.82) is 0 Å². The van der Waals surface area contributed by atoms with Crippen molar-refractivity contribution >= 4 is 0 Å². The van der Waals surface area contributed by atoms with Crippen molar-refractivity contribution in [2.75, 3.05) is 0 Å². The lowest BCUT2D eigenvalue weighted by molar-refractivity contribution is 0.457. The minimum atomic E-state index is 0.375. The lowest BCUT2D eigenvalue weighted by atomic mass is 10.0. The number of nitrogens with zero attached hydrogens (tertiary/aromatic N) is 2. The van der Waals surface area contributed by atoms with Gasteiger partial charge >= 0.3 is 0 Å². The lowest BCUT2D eigenvalue weighted by Crippen LogP contribution is -2.25. The summed E-state index contributed by atoms with van der Waals surface area (Å²) in [5.74, 6) is 0. The van der Waals surface area contributed by atoms with Gasteiger partial charge in [0.2, 0.25) is 0 Å². The SMILES string of the molecule is CC(NC1C(C)(C)C1(C)C)c1cnn(C)c1. The summed E-state index contributed by atoms with van der Waals surface area (Å²) < 4.78 is 1.86. The van der Waals surface area contributed by atoms with Gasteiger partial charge in [-0.15, -0.1) is 0 Å². The molecule has 1 heterocycles. The molecule has 0 radical (unpaired) electrons. The first-order chi connectivity index (χ1) is 7.26. The Kier molecular flexibility index (Phi) is 2.42. The highest BCUT2D eigenvalue weighted by Gasteiger charge is 2.64. The van der Waals surface area contributed by atoms with Crippen LogP contribution in [0.3, 0.4) is 0 Å². The smallest absolute Gasteiger partial charge is 0.0537 e. The van der Waals surface area contributed by atoms with E-state index in [0.29, 0.717) is 22.9 Å². The molecule has 1 saturated carbocycles. The average molecular weight is 221 g/mol. The van der Waals surface area contributed by atoms with Crippen LogP contribution in [-0.2, 0) is 7.05 Å². The van der Waals surface area contributed by atoms with E-state index in [4.69, 9.17) is 0 Å². The van der Waals surface area contributed by atoms with Gasteiger partial charge in [-0.05, 0) is 17.8 Å². The summed E-state index contributed by atoms with van der Waals surface area (Å²) in [7, 11) is 1.96. The summed E-state index contributed by atoms with van der Waals surface area (Å²) in [5.41, 5.74) is 2.05. The molecule has 1 aliphatic rings. The summed E-state index contributed by atoms with van der Waals surface area (Å²) in [4.78, 5) is 0. The van der Waals surface area contributed by atoms with Crippen molar-refractivity contribution in [3.05, 3.63) is 18.0 Å².